The van der Waals surface area contributed by atoms with Gasteiger partial charge < -0.3 is 16.0 Å². The highest BCUT2D eigenvalue weighted by atomic mass is 32.2. The molecule has 1 aromatic rings. The summed E-state index contributed by atoms with van der Waals surface area (Å²) in [5, 5.41) is 0. The molecule has 4 N–H and O–H groups in total. The van der Waals surface area contributed by atoms with Crippen molar-refractivity contribution in [2.75, 3.05) is 11.5 Å². The molecule has 0 amide bonds. The topological polar surface area (TPSA) is 109 Å². The molecule has 0 fully saturated rings. The van der Waals surface area contributed by atoms with Gasteiger partial charge >= 0.3 is 0 Å². The molecular weight excluding hydrogens is 180 g/mol. The van der Waals surface area contributed by atoms with Crippen molar-refractivity contribution in [3.05, 3.63) is 18.2 Å². The van der Waals surface area contributed by atoms with Gasteiger partial charge in [0.25, 0.3) is 0 Å². The zero-order chi connectivity index (χ0) is 9.35. The summed E-state index contributed by atoms with van der Waals surface area (Å²) >= 11 is 0. The molecule has 1 rings (SSSR count). The van der Waals surface area contributed by atoms with Gasteiger partial charge in [-0.3, -0.25) is 0 Å². The van der Waals surface area contributed by atoms with E-state index in [0.29, 0.717) is 5.69 Å². The van der Waals surface area contributed by atoms with Gasteiger partial charge in [0, 0.05) is 5.69 Å². The van der Waals surface area contributed by atoms with Crippen LogP contribution in [0, 0.1) is 0 Å². The highest BCUT2D eigenvalue weighted by Gasteiger charge is 2.05. The van der Waals surface area contributed by atoms with E-state index in [1.54, 1.807) is 0 Å². The second kappa shape index (κ2) is 2.65. The van der Waals surface area contributed by atoms with Crippen LogP contribution in [0.5, 0.6) is 0 Å². The molecule has 0 unspecified atom stereocenters. The molecule has 1 aromatic carbocycles. The minimum atomic E-state index is -4.48. The van der Waals surface area contributed by atoms with Gasteiger partial charge in [-0.1, -0.05) is 0 Å². The maximum Gasteiger partial charge on any atom is 0.126 e. The summed E-state index contributed by atoms with van der Waals surface area (Å²) in [4.78, 5) is -0.434. The van der Waals surface area contributed by atoms with Crippen LogP contribution in [0.1, 0.15) is 0 Å². The number of rotatable bonds is 1. The summed E-state index contributed by atoms with van der Waals surface area (Å²) in [5.41, 5.74) is 10.7. The van der Waals surface area contributed by atoms with Crippen molar-refractivity contribution in [2.24, 2.45) is 0 Å². The zero-order valence-corrected chi connectivity index (χ0v) is 6.84. The Morgan fingerprint density at radius 2 is 1.83 bits per heavy atom. The third-order valence-corrected chi connectivity index (χ3v) is 2.21. The molecule has 0 aromatic heterocycles. The van der Waals surface area contributed by atoms with E-state index in [-0.39, 0.29) is 5.69 Å². The van der Waals surface area contributed by atoms with Gasteiger partial charge in [0.2, 0.25) is 0 Å². The van der Waals surface area contributed by atoms with E-state index in [0.717, 1.165) is 6.07 Å². The van der Waals surface area contributed by atoms with Crippen LogP contribution in [0.3, 0.4) is 0 Å². The fourth-order valence-corrected chi connectivity index (χ4v) is 1.38. The van der Waals surface area contributed by atoms with Crippen LogP contribution in [0.25, 0.3) is 0 Å². The molecule has 5 nitrogen and oxygen atoms in total. The number of hydrogen-bond donors (Lipinski definition) is 2. The highest BCUT2D eigenvalue weighted by Crippen LogP contribution is 2.19. The average Bonchev–Trinajstić information content (AvgIpc) is 1.83. The molecular formula is C6H7N2O3S-. The summed E-state index contributed by atoms with van der Waals surface area (Å²) in [7, 11) is -4.48. The lowest BCUT2D eigenvalue weighted by Gasteiger charge is -2.09. The molecule has 6 heteroatoms. The summed E-state index contributed by atoms with van der Waals surface area (Å²) in [5.74, 6) is 0. The second-order valence-electron chi connectivity index (χ2n) is 2.25. The molecule has 0 saturated heterocycles. The van der Waals surface area contributed by atoms with E-state index >= 15 is 0 Å². The van der Waals surface area contributed by atoms with Crippen LogP contribution in [0.2, 0.25) is 0 Å². The summed E-state index contributed by atoms with van der Waals surface area (Å²) in [6.45, 7) is 0. The van der Waals surface area contributed by atoms with Crippen molar-refractivity contribution in [3.8, 4) is 0 Å². The number of nitrogen functional groups attached to an aromatic ring is 2. The van der Waals surface area contributed by atoms with Gasteiger partial charge in [0.05, 0.1) is 10.6 Å². The number of hydrogen-bond acceptors (Lipinski definition) is 5. The maximum absolute atomic E-state index is 10.5. The molecule has 0 radical (unpaired) electrons. The van der Waals surface area contributed by atoms with Gasteiger partial charge in [-0.15, -0.1) is 0 Å². The van der Waals surface area contributed by atoms with Gasteiger partial charge in [-0.25, -0.2) is 8.42 Å². The summed E-state index contributed by atoms with van der Waals surface area (Å²) < 4.78 is 31.5. The lowest BCUT2D eigenvalue weighted by atomic mass is 10.3. The SMILES string of the molecule is Nc1ccc(S(=O)(=O)[O-])c(N)c1. The molecule has 0 heterocycles. The first kappa shape index (κ1) is 8.82. The average molecular weight is 187 g/mol. The third-order valence-electron chi connectivity index (χ3n) is 1.30. The second-order valence-corrected chi connectivity index (χ2v) is 3.60. The van der Waals surface area contributed by atoms with Crippen molar-refractivity contribution in [1.82, 2.24) is 0 Å². The maximum atomic E-state index is 10.5. The predicted octanol–water partition coefficient (Wildman–Crippen LogP) is -0.245. The summed E-state index contributed by atoms with van der Waals surface area (Å²) in [6.07, 6.45) is 0. The Hall–Kier alpha value is -1.27. The van der Waals surface area contributed by atoms with Gasteiger partial charge in [0.1, 0.15) is 10.1 Å². The van der Waals surface area contributed by atoms with Gasteiger partial charge in [0.15, 0.2) is 0 Å². The van der Waals surface area contributed by atoms with E-state index in [9.17, 15) is 13.0 Å². The molecule has 0 atom stereocenters. The molecule has 66 valence electrons. The Morgan fingerprint density at radius 3 is 2.25 bits per heavy atom. The Morgan fingerprint density at radius 1 is 1.25 bits per heavy atom. The Labute approximate surface area is 69.7 Å². The minimum absolute atomic E-state index is 0.120. The first-order chi connectivity index (χ1) is 5.41. The zero-order valence-electron chi connectivity index (χ0n) is 6.02. The van der Waals surface area contributed by atoms with Crippen molar-refractivity contribution < 1.29 is 13.0 Å². The Balaban J connectivity index is 3.39. The predicted molar refractivity (Wildman–Crippen MR) is 43.2 cm³/mol. The Kier molecular flexibility index (Phi) is 1.95. The molecule has 0 aliphatic heterocycles. The van der Waals surface area contributed by atoms with Gasteiger partial charge in [-0.05, 0) is 18.2 Å². The molecule has 0 spiro atoms. The van der Waals surface area contributed by atoms with Crippen molar-refractivity contribution in [2.45, 2.75) is 4.90 Å². The van der Waals surface area contributed by atoms with Crippen LogP contribution in [0.15, 0.2) is 23.1 Å². The largest absolute Gasteiger partial charge is 0.744 e. The van der Waals surface area contributed by atoms with Crippen LogP contribution >= 0.6 is 0 Å². The highest BCUT2D eigenvalue weighted by molar-refractivity contribution is 7.86. The summed E-state index contributed by atoms with van der Waals surface area (Å²) in [6, 6.07) is 3.62. The third kappa shape index (κ3) is 1.66. The van der Waals surface area contributed by atoms with Crippen LogP contribution in [-0.2, 0) is 10.1 Å². The van der Waals surface area contributed by atoms with E-state index < -0.39 is 15.0 Å². The van der Waals surface area contributed by atoms with Gasteiger partial charge in [-0.2, -0.15) is 0 Å². The number of benzene rings is 1. The standard InChI is InChI=1S/C6H8N2O3S/c7-4-1-2-6(5(8)3-4)12(9,10)11/h1-3H,7-8H2,(H,9,10,11)/p-1. The lowest BCUT2D eigenvalue weighted by molar-refractivity contribution is 0.463. The fourth-order valence-electron chi connectivity index (χ4n) is 0.795. The van der Waals surface area contributed by atoms with Crippen LogP contribution < -0.4 is 11.5 Å². The lowest BCUT2D eigenvalue weighted by Crippen LogP contribution is -2.03. The first-order valence-corrected chi connectivity index (χ1v) is 4.43. The monoisotopic (exact) mass is 187 g/mol. The van der Waals surface area contributed by atoms with E-state index in [4.69, 9.17) is 11.5 Å². The van der Waals surface area contributed by atoms with E-state index in [2.05, 4.69) is 0 Å². The molecule has 0 aliphatic carbocycles. The van der Waals surface area contributed by atoms with E-state index in [1.165, 1.54) is 12.1 Å². The van der Waals surface area contributed by atoms with Crippen molar-refractivity contribution >= 4 is 21.5 Å². The Bertz CT molecular complexity index is 399. The molecule has 0 bridgehead atoms. The molecule has 0 aliphatic rings. The quantitative estimate of drug-likeness (QED) is 0.465. The fraction of sp³-hybridized carbons (Fsp3) is 0. The smallest absolute Gasteiger partial charge is 0.126 e. The minimum Gasteiger partial charge on any atom is -0.744 e. The van der Waals surface area contributed by atoms with Crippen molar-refractivity contribution in [3.63, 3.8) is 0 Å². The molecule has 12 heavy (non-hydrogen) atoms. The van der Waals surface area contributed by atoms with Crippen LogP contribution in [0.4, 0.5) is 11.4 Å². The number of anilines is 2. The van der Waals surface area contributed by atoms with Crippen LogP contribution in [-0.4, -0.2) is 13.0 Å². The van der Waals surface area contributed by atoms with E-state index in [1.807, 2.05) is 0 Å². The first-order valence-electron chi connectivity index (χ1n) is 3.02. The molecule has 0 saturated carbocycles. The normalized spacial score (nSPS) is 11.4. The number of nitrogens with two attached hydrogens (primary N) is 2. The van der Waals surface area contributed by atoms with Crippen molar-refractivity contribution in [1.29, 1.82) is 0 Å².